The molecule has 1 aromatic heterocycles. The Morgan fingerprint density at radius 2 is 2.13 bits per heavy atom. The van der Waals surface area contributed by atoms with E-state index in [2.05, 4.69) is 21.4 Å². The Labute approximate surface area is 134 Å². The van der Waals surface area contributed by atoms with Crippen molar-refractivity contribution in [1.82, 2.24) is 9.97 Å². The van der Waals surface area contributed by atoms with E-state index in [0.717, 1.165) is 25.0 Å². The number of hydrogen-bond acceptors (Lipinski definition) is 6. The second-order valence-corrected chi connectivity index (χ2v) is 5.34. The smallest absolute Gasteiger partial charge is 0.227 e. The molecule has 6 heteroatoms. The van der Waals surface area contributed by atoms with Gasteiger partial charge in [0, 0.05) is 18.3 Å². The van der Waals surface area contributed by atoms with Gasteiger partial charge in [0.2, 0.25) is 5.95 Å². The number of nitriles is 1. The zero-order valence-electron chi connectivity index (χ0n) is 12.8. The Morgan fingerprint density at radius 3 is 2.91 bits per heavy atom. The average Bonchev–Trinajstić information content (AvgIpc) is 2.76. The van der Waals surface area contributed by atoms with Gasteiger partial charge in [0.1, 0.15) is 11.8 Å². The second kappa shape index (κ2) is 6.44. The summed E-state index contributed by atoms with van der Waals surface area (Å²) in [7, 11) is 1.52. The van der Waals surface area contributed by atoms with Gasteiger partial charge in [-0.05, 0) is 37.5 Å². The Kier molecular flexibility index (Phi) is 4.20. The summed E-state index contributed by atoms with van der Waals surface area (Å²) in [6.07, 6.45) is 4.78. The van der Waals surface area contributed by atoms with Gasteiger partial charge in [-0.3, -0.25) is 4.79 Å². The van der Waals surface area contributed by atoms with Crippen LogP contribution < -0.4 is 10.1 Å². The number of nitrogens with zero attached hydrogens (tertiary/aromatic N) is 3. The molecule has 1 aliphatic rings. The molecule has 0 unspecified atom stereocenters. The summed E-state index contributed by atoms with van der Waals surface area (Å²) in [6, 6.07) is 7.27. The van der Waals surface area contributed by atoms with Crippen LogP contribution in [0, 0.1) is 11.3 Å². The number of rotatable bonds is 3. The number of anilines is 2. The van der Waals surface area contributed by atoms with Crippen LogP contribution in [0.25, 0.3) is 0 Å². The first kappa shape index (κ1) is 15.0. The zero-order chi connectivity index (χ0) is 16.2. The van der Waals surface area contributed by atoms with Gasteiger partial charge in [-0.25, -0.2) is 9.97 Å². The van der Waals surface area contributed by atoms with Crippen LogP contribution in [-0.2, 0) is 6.42 Å². The van der Waals surface area contributed by atoms with Gasteiger partial charge in [0.05, 0.1) is 23.9 Å². The number of carbonyl (C=O) groups excluding carboxylic acids is 1. The maximum atomic E-state index is 12.0. The van der Waals surface area contributed by atoms with E-state index in [9.17, 15) is 4.79 Å². The van der Waals surface area contributed by atoms with Crippen molar-refractivity contribution in [2.75, 3.05) is 12.4 Å². The van der Waals surface area contributed by atoms with Crippen LogP contribution in [0.3, 0.4) is 0 Å². The molecule has 0 bridgehead atoms. The number of nitrogens with one attached hydrogen (secondary N) is 1. The third-order valence-corrected chi connectivity index (χ3v) is 3.81. The Morgan fingerprint density at radius 1 is 1.30 bits per heavy atom. The molecule has 0 radical (unpaired) electrons. The highest BCUT2D eigenvalue weighted by molar-refractivity contribution is 5.97. The number of aryl methyl sites for hydroxylation is 1. The molecular formula is C17H16N4O2. The average molecular weight is 308 g/mol. The first-order chi connectivity index (χ1) is 11.2. The number of aromatic nitrogens is 2. The molecule has 6 nitrogen and oxygen atoms in total. The van der Waals surface area contributed by atoms with Crippen LogP contribution in [0.2, 0.25) is 0 Å². The van der Waals surface area contributed by atoms with Crippen LogP contribution in [0.4, 0.5) is 11.6 Å². The third-order valence-electron chi connectivity index (χ3n) is 3.81. The molecular weight excluding hydrogens is 292 g/mol. The van der Waals surface area contributed by atoms with Gasteiger partial charge in [-0.1, -0.05) is 0 Å². The number of hydrogen-bond donors (Lipinski definition) is 1. The highest BCUT2D eigenvalue weighted by atomic mass is 16.5. The van der Waals surface area contributed by atoms with Crippen LogP contribution in [-0.4, -0.2) is 22.9 Å². The van der Waals surface area contributed by atoms with Gasteiger partial charge in [-0.15, -0.1) is 0 Å². The molecule has 0 atom stereocenters. The number of fused-ring (bicyclic) bond motifs is 1. The first-order valence-electron chi connectivity index (χ1n) is 7.45. The number of methoxy groups -OCH3 is 1. The molecule has 116 valence electrons. The minimum absolute atomic E-state index is 0.111. The number of ketones is 1. The molecule has 1 aromatic carbocycles. The fourth-order valence-corrected chi connectivity index (χ4v) is 2.62. The van der Waals surface area contributed by atoms with Crippen molar-refractivity contribution in [1.29, 1.82) is 5.26 Å². The van der Waals surface area contributed by atoms with Crippen molar-refractivity contribution in [2.24, 2.45) is 0 Å². The van der Waals surface area contributed by atoms with E-state index in [0.29, 0.717) is 34.9 Å². The van der Waals surface area contributed by atoms with Crippen molar-refractivity contribution in [3.8, 4) is 11.8 Å². The number of ether oxygens (including phenoxy) is 1. The molecule has 1 aliphatic carbocycles. The normalized spacial score (nSPS) is 13.7. The summed E-state index contributed by atoms with van der Waals surface area (Å²) < 4.78 is 5.12. The first-order valence-corrected chi connectivity index (χ1v) is 7.45. The van der Waals surface area contributed by atoms with Crippen molar-refractivity contribution in [3.63, 3.8) is 0 Å². The summed E-state index contributed by atoms with van der Waals surface area (Å²) in [5.41, 5.74) is 2.55. The molecule has 0 aliphatic heterocycles. The maximum absolute atomic E-state index is 12.0. The fraction of sp³-hybridized carbons (Fsp3) is 0.294. The van der Waals surface area contributed by atoms with Crippen molar-refractivity contribution >= 4 is 17.4 Å². The third kappa shape index (κ3) is 3.14. The van der Waals surface area contributed by atoms with E-state index >= 15 is 0 Å². The van der Waals surface area contributed by atoms with E-state index in [1.165, 1.54) is 7.11 Å². The van der Waals surface area contributed by atoms with Gasteiger partial charge < -0.3 is 10.1 Å². The summed E-state index contributed by atoms with van der Waals surface area (Å²) in [4.78, 5) is 20.7. The fourth-order valence-electron chi connectivity index (χ4n) is 2.62. The highest BCUT2D eigenvalue weighted by Gasteiger charge is 2.18. The molecule has 0 saturated carbocycles. The second-order valence-electron chi connectivity index (χ2n) is 5.34. The Balaban J connectivity index is 1.88. The van der Waals surface area contributed by atoms with Crippen LogP contribution in [0.5, 0.6) is 5.75 Å². The maximum Gasteiger partial charge on any atom is 0.227 e. The molecule has 0 fully saturated rings. The lowest BCUT2D eigenvalue weighted by Gasteiger charge is -2.10. The van der Waals surface area contributed by atoms with Crippen LogP contribution in [0.15, 0.2) is 24.4 Å². The number of carbonyl (C=O) groups is 1. The van der Waals surface area contributed by atoms with Gasteiger partial charge in [-0.2, -0.15) is 5.26 Å². The molecule has 23 heavy (non-hydrogen) atoms. The van der Waals surface area contributed by atoms with Crippen molar-refractivity contribution < 1.29 is 9.53 Å². The molecule has 2 aromatic rings. The zero-order valence-corrected chi connectivity index (χ0v) is 12.8. The van der Waals surface area contributed by atoms with Crippen molar-refractivity contribution in [3.05, 3.63) is 41.2 Å². The van der Waals surface area contributed by atoms with Crippen LogP contribution in [0.1, 0.15) is 40.9 Å². The van der Waals surface area contributed by atoms with Crippen molar-refractivity contribution in [2.45, 2.75) is 25.7 Å². The quantitative estimate of drug-likeness (QED) is 0.877. The molecule has 0 amide bonds. The molecule has 0 spiro atoms. The molecule has 1 heterocycles. The summed E-state index contributed by atoms with van der Waals surface area (Å²) >= 11 is 0. The Bertz CT molecular complexity index is 796. The lowest BCUT2D eigenvalue weighted by atomic mass is 10.1. The summed E-state index contributed by atoms with van der Waals surface area (Å²) in [5, 5.41) is 12.2. The molecule has 0 saturated heterocycles. The lowest BCUT2D eigenvalue weighted by molar-refractivity contribution is 0.0981. The predicted molar refractivity (Wildman–Crippen MR) is 84.9 cm³/mol. The standard InChI is InChI=1S/C17H16N4O2/c1-23-16-7-6-12(8-11(16)9-18)20-17-19-10-13-14(21-17)4-2-3-5-15(13)22/h6-8,10H,2-5H2,1H3,(H,19,20,21). The SMILES string of the molecule is COc1ccc(Nc2ncc3c(n2)CCCCC3=O)cc1C#N. The molecule has 1 N–H and O–H groups in total. The molecule has 3 rings (SSSR count). The van der Waals surface area contributed by atoms with E-state index in [-0.39, 0.29) is 5.78 Å². The Hall–Kier alpha value is -2.94. The lowest BCUT2D eigenvalue weighted by Crippen LogP contribution is -2.07. The van der Waals surface area contributed by atoms with Gasteiger partial charge >= 0.3 is 0 Å². The minimum Gasteiger partial charge on any atom is -0.495 e. The number of benzene rings is 1. The largest absolute Gasteiger partial charge is 0.495 e. The highest BCUT2D eigenvalue weighted by Crippen LogP contribution is 2.24. The van der Waals surface area contributed by atoms with E-state index < -0.39 is 0 Å². The summed E-state index contributed by atoms with van der Waals surface area (Å²) in [5.74, 6) is 1.05. The predicted octanol–water partition coefficient (Wildman–Crippen LogP) is 3.01. The topological polar surface area (TPSA) is 87.9 Å². The van der Waals surface area contributed by atoms with Crippen LogP contribution >= 0.6 is 0 Å². The van der Waals surface area contributed by atoms with E-state index in [1.807, 2.05) is 0 Å². The van der Waals surface area contributed by atoms with Gasteiger partial charge in [0.15, 0.2) is 5.78 Å². The summed E-state index contributed by atoms with van der Waals surface area (Å²) in [6.45, 7) is 0. The van der Waals surface area contributed by atoms with Gasteiger partial charge in [0.25, 0.3) is 0 Å². The van der Waals surface area contributed by atoms with E-state index in [4.69, 9.17) is 10.00 Å². The number of Topliss-reactive ketones (excluding diaryl/α,β-unsaturated/α-hetero) is 1. The van der Waals surface area contributed by atoms with E-state index in [1.54, 1.807) is 24.4 Å². The monoisotopic (exact) mass is 308 g/mol. The minimum atomic E-state index is 0.111.